The number of carbonyl (C=O) groups excluding carboxylic acids is 1. The Balaban J connectivity index is 1.71. The van der Waals surface area contributed by atoms with Gasteiger partial charge in [0.25, 0.3) is 5.56 Å². The lowest BCUT2D eigenvalue weighted by Crippen LogP contribution is -2.24. The van der Waals surface area contributed by atoms with Crippen LogP contribution in [0.5, 0.6) is 0 Å². The van der Waals surface area contributed by atoms with E-state index in [1.807, 2.05) is 42.5 Å². The number of hydrogen-bond acceptors (Lipinski definition) is 5. The van der Waals surface area contributed by atoms with E-state index >= 15 is 0 Å². The summed E-state index contributed by atoms with van der Waals surface area (Å²) in [7, 11) is 0. The quantitative estimate of drug-likeness (QED) is 0.365. The summed E-state index contributed by atoms with van der Waals surface area (Å²) in [6, 6.07) is 15.2. The first-order valence-electron chi connectivity index (χ1n) is 10.8. The molecule has 0 saturated carbocycles. The number of nitrogens with one attached hydrogen (secondary N) is 1. The molecule has 0 unspecified atom stereocenters. The monoisotopic (exact) mass is 438 g/mol. The number of nitrogens with zero attached hydrogens (tertiary/aromatic N) is 3. The van der Waals surface area contributed by atoms with Gasteiger partial charge in [0.15, 0.2) is 5.16 Å². The molecule has 0 fully saturated rings. The van der Waals surface area contributed by atoms with Crippen LogP contribution in [0.15, 0.2) is 58.5 Å². The molecule has 3 rings (SSSR count). The van der Waals surface area contributed by atoms with Crippen LogP contribution in [0.4, 0.5) is 11.4 Å². The fourth-order valence-electron chi connectivity index (χ4n) is 3.44. The molecule has 0 bridgehead atoms. The Hall–Kier alpha value is -2.80. The third kappa shape index (κ3) is 5.67. The van der Waals surface area contributed by atoms with Gasteiger partial charge >= 0.3 is 0 Å². The van der Waals surface area contributed by atoms with Crippen LogP contribution in [0.2, 0.25) is 0 Å². The van der Waals surface area contributed by atoms with E-state index in [1.54, 1.807) is 10.6 Å². The molecule has 0 radical (unpaired) electrons. The van der Waals surface area contributed by atoms with Crippen LogP contribution in [0.25, 0.3) is 10.9 Å². The summed E-state index contributed by atoms with van der Waals surface area (Å²) in [5.41, 5.74) is 2.51. The molecule has 1 heterocycles. The highest BCUT2D eigenvalue weighted by Gasteiger charge is 2.13. The molecule has 0 aliphatic rings. The van der Waals surface area contributed by atoms with Gasteiger partial charge in [0.1, 0.15) is 0 Å². The molecule has 31 heavy (non-hydrogen) atoms. The van der Waals surface area contributed by atoms with E-state index in [0.29, 0.717) is 22.6 Å². The van der Waals surface area contributed by atoms with Crippen molar-refractivity contribution in [2.75, 3.05) is 29.1 Å². The second-order valence-corrected chi connectivity index (χ2v) is 8.22. The topological polar surface area (TPSA) is 67.2 Å². The van der Waals surface area contributed by atoms with Gasteiger partial charge in [-0.1, -0.05) is 37.2 Å². The van der Waals surface area contributed by atoms with Crippen molar-refractivity contribution in [2.45, 2.75) is 45.3 Å². The van der Waals surface area contributed by atoms with Gasteiger partial charge in [0, 0.05) is 31.0 Å². The minimum Gasteiger partial charge on any atom is -0.372 e. The molecule has 164 valence electrons. The van der Waals surface area contributed by atoms with Gasteiger partial charge < -0.3 is 10.2 Å². The van der Waals surface area contributed by atoms with Crippen LogP contribution in [0.3, 0.4) is 0 Å². The summed E-state index contributed by atoms with van der Waals surface area (Å²) in [4.78, 5) is 32.4. The average molecular weight is 439 g/mol. The van der Waals surface area contributed by atoms with Crippen molar-refractivity contribution in [3.63, 3.8) is 0 Å². The van der Waals surface area contributed by atoms with E-state index in [4.69, 9.17) is 0 Å². The van der Waals surface area contributed by atoms with E-state index in [-0.39, 0.29) is 17.2 Å². The number of rotatable bonds is 10. The standard InChI is InChI=1S/C24H30N4O2S/c1-4-7-16-28-23(30)20-10-8-9-11-21(20)26-24(28)31-17-22(29)25-18-12-14-19(15-13-18)27(5-2)6-3/h8-15H,4-7,16-17H2,1-3H3,(H,25,29). The first kappa shape index (κ1) is 22.9. The molecular weight excluding hydrogens is 408 g/mol. The lowest BCUT2D eigenvalue weighted by atomic mass is 10.2. The van der Waals surface area contributed by atoms with Crippen LogP contribution < -0.4 is 15.8 Å². The van der Waals surface area contributed by atoms with Crippen molar-refractivity contribution in [3.05, 3.63) is 58.9 Å². The number of fused-ring (bicyclic) bond motifs is 1. The maximum absolute atomic E-state index is 12.9. The lowest BCUT2D eigenvalue weighted by Gasteiger charge is -2.21. The maximum atomic E-state index is 12.9. The molecule has 3 aromatic rings. The summed E-state index contributed by atoms with van der Waals surface area (Å²) in [5, 5.41) is 4.13. The van der Waals surface area contributed by atoms with Crippen LogP contribution in [0, 0.1) is 0 Å². The number of amides is 1. The predicted octanol–water partition coefficient (Wildman–Crippen LogP) is 4.77. The molecule has 0 aliphatic heterocycles. The normalized spacial score (nSPS) is 10.9. The summed E-state index contributed by atoms with van der Waals surface area (Å²) in [6.07, 6.45) is 1.87. The maximum Gasteiger partial charge on any atom is 0.262 e. The minimum atomic E-state index is -0.120. The molecule has 0 atom stereocenters. The van der Waals surface area contributed by atoms with Gasteiger partial charge in [-0.3, -0.25) is 14.2 Å². The number of aromatic nitrogens is 2. The molecule has 2 aromatic carbocycles. The highest BCUT2D eigenvalue weighted by atomic mass is 32.2. The van der Waals surface area contributed by atoms with Gasteiger partial charge in [-0.2, -0.15) is 0 Å². The summed E-state index contributed by atoms with van der Waals surface area (Å²) in [5.74, 6) is 0.0689. The van der Waals surface area contributed by atoms with Gasteiger partial charge in [-0.15, -0.1) is 0 Å². The fraction of sp³-hybridized carbons (Fsp3) is 0.375. The van der Waals surface area contributed by atoms with Crippen LogP contribution >= 0.6 is 11.8 Å². The molecule has 1 amide bonds. The minimum absolute atomic E-state index is 0.0473. The van der Waals surface area contributed by atoms with Crippen molar-refractivity contribution in [1.29, 1.82) is 0 Å². The van der Waals surface area contributed by atoms with Gasteiger partial charge in [-0.05, 0) is 56.7 Å². The molecular formula is C24H30N4O2S. The third-order valence-electron chi connectivity index (χ3n) is 5.17. The van der Waals surface area contributed by atoms with E-state index in [0.717, 1.165) is 37.3 Å². The Morgan fingerprint density at radius 2 is 1.77 bits per heavy atom. The molecule has 1 N–H and O–H groups in total. The van der Waals surface area contributed by atoms with Crippen LogP contribution in [0.1, 0.15) is 33.6 Å². The molecule has 0 saturated heterocycles. The largest absolute Gasteiger partial charge is 0.372 e. The number of unbranched alkanes of at least 4 members (excludes halogenated alkanes) is 1. The highest BCUT2D eigenvalue weighted by molar-refractivity contribution is 7.99. The molecule has 0 aliphatic carbocycles. The average Bonchev–Trinajstić information content (AvgIpc) is 2.79. The van der Waals surface area contributed by atoms with Crippen molar-refractivity contribution >= 4 is 39.9 Å². The Morgan fingerprint density at radius 1 is 1.06 bits per heavy atom. The second-order valence-electron chi connectivity index (χ2n) is 7.28. The van der Waals surface area contributed by atoms with Crippen molar-refractivity contribution in [2.24, 2.45) is 0 Å². The molecule has 0 spiro atoms. The number of thioether (sulfide) groups is 1. The SMILES string of the molecule is CCCCn1c(SCC(=O)Nc2ccc(N(CC)CC)cc2)nc2ccccc2c1=O. The zero-order valence-corrected chi connectivity index (χ0v) is 19.2. The van der Waals surface area contributed by atoms with E-state index in [9.17, 15) is 9.59 Å². The number of para-hydroxylation sites is 1. The van der Waals surface area contributed by atoms with Crippen molar-refractivity contribution in [1.82, 2.24) is 9.55 Å². The molecule has 7 heteroatoms. The van der Waals surface area contributed by atoms with Gasteiger partial charge in [0.2, 0.25) is 5.91 Å². The smallest absolute Gasteiger partial charge is 0.262 e. The van der Waals surface area contributed by atoms with Crippen molar-refractivity contribution < 1.29 is 4.79 Å². The van der Waals surface area contributed by atoms with Gasteiger partial charge in [0.05, 0.1) is 16.7 Å². The number of benzene rings is 2. The Morgan fingerprint density at radius 3 is 2.45 bits per heavy atom. The highest BCUT2D eigenvalue weighted by Crippen LogP contribution is 2.20. The Bertz CT molecular complexity index is 1080. The summed E-state index contributed by atoms with van der Waals surface area (Å²) >= 11 is 1.30. The van der Waals surface area contributed by atoms with Crippen LogP contribution in [-0.2, 0) is 11.3 Å². The molecule has 6 nitrogen and oxygen atoms in total. The fourth-order valence-corrected chi connectivity index (χ4v) is 4.27. The Kier molecular flexibility index (Phi) is 8.12. The van der Waals surface area contributed by atoms with Crippen LogP contribution in [-0.4, -0.2) is 34.3 Å². The molecule has 1 aromatic heterocycles. The first-order valence-corrected chi connectivity index (χ1v) is 11.8. The number of anilines is 2. The predicted molar refractivity (Wildman–Crippen MR) is 130 cm³/mol. The third-order valence-corrected chi connectivity index (χ3v) is 6.15. The second kappa shape index (κ2) is 11.0. The summed E-state index contributed by atoms with van der Waals surface area (Å²) < 4.78 is 1.70. The number of carbonyl (C=O) groups is 1. The first-order chi connectivity index (χ1) is 15.1. The van der Waals surface area contributed by atoms with E-state index in [2.05, 4.69) is 36.0 Å². The number of hydrogen-bond donors (Lipinski definition) is 1. The van der Waals surface area contributed by atoms with Gasteiger partial charge in [-0.25, -0.2) is 4.98 Å². The van der Waals surface area contributed by atoms with Crippen molar-refractivity contribution in [3.8, 4) is 0 Å². The Labute approximate surface area is 187 Å². The zero-order chi connectivity index (χ0) is 22.2. The van der Waals surface area contributed by atoms with E-state index in [1.165, 1.54) is 11.8 Å². The summed E-state index contributed by atoms with van der Waals surface area (Å²) in [6.45, 7) is 8.82. The lowest BCUT2D eigenvalue weighted by molar-refractivity contribution is -0.113. The van der Waals surface area contributed by atoms with E-state index < -0.39 is 0 Å². The zero-order valence-electron chi connectivity index (χ0n) is 18.4.